The highest BCUT2D eigenvalue weighted by Crippen LogP contribution is 2.48. The molecule has 2 aromatic heterocycles. The number of hydrogen-bond donors (Lipinski definition) is 1. The molecule has 1 saturated heterocycles. The van der Waals surface area contributed by atoms with Gasteiger partial charge in [-0.05, 0) is 31.4 Å². The molecule has 2 aliphatic heterocycles. The smallest absolute Gasteiger partial charge is 0.236 e. The highest BCUT2D eigenvalue weighted by molar-refractivity contribution is 7.16. The maximum atomic E-state index is 13.2. The lowest BCUT2D eigenvalue weighted by atomic mass is 9.84. The van der Waals surface area contributed by atoms with E-state index in [0.29, 0.717) is 34.3 Å². The summed E-state index contributed by atoms with van der Waals surface area (Å²) >= 11 is 14.2. The summed E-state index contributed by atoms with van der Waals surface area (Å²) in [5.74, 6) is 0.784. The number of carbonyl (C=O) groups is 1. The van der Waals surface area contributed by atoms with Gasteiger partial charge in [0.15, 0.2) is 5.96 Å². The van der Waals surface area contributed by atoms with Crippen molar-refractivity contribution in [1.82, 2.24) is 14.9 Å². The molecule has 0 unspecified atom stereocenters. The minimum absolute atomic E-state index is 0.0541. The number of hydrogen-bond acceptors (Lipinski definition) is 7. The van der Waals surface area contributed by atoms with Crippen molar-refractivity contribution in [3.8, 4) is 0 Å². The molecule has 30 heavy (non-hydrogen) atoms. The van der Waals surface area contributed by atoms with Crippen LogP contribution in [0.15, 0.2) is 17.1 Å². The van der Waals surface area contributed by atoms with Crippen molar-refractivity contribution >= 4 is 52.4 Å². The van der Waals surface area contributed by atoms with Crippen LogP contribution in [0.3, 0.4) is 0 Å². The predicted octanol–water partition coefficient (Wildman–Crippen LogP) is 3.40. The third kappa shape index (κ3) is 2.99. The number of nitrogens with two attached hydrogens (primary N) is 1. The van der Waals surface area contributed by atoms with Crippen molar-refractivity contribution in [2.45, 2.75) is 37.6 Å². The molecule has 2 fully saturated rings. The van der Waals surface area contributed by atoms with E-state index >= 15 is 0 Å². The third-order valence-corrected chi connectivity index (χ3v) is 8.02. The van der Waals surface area contributed by atoms with E-state index in [-0.39, 0.29) is 11.9 Å². The van der Waals surface area contributed by atoms with Crippen LogP contribution in [0.2, 0.25) is 9.36 Å². The van der Waals surface area contributed by atoms with E-state index in [9.17, 15) is 4.79 Å². The van der Waals surface area contributed by atoms with Crippen molar-refractivity contribution in [3.05, 3.63) is 37.8 Å². The summed E-state index contributed by atoms with van der Waals surface area (Å²) in [7, 11) is 1.66. The first-order valence-electron chi connectivity index (χ1n) is 10.0. The van der Waals surface area contributed by atoms with Crippen LogP contribution < -0.4 is 10.6 Å². The van der Waals surface area contributed by atoms with Crippen LogP contribution in [0, 0.1) is 5.92 Å². The van der Waals surface area contributed by atoms with Gasteiger partial charge in [0, 0.05) is 24.4 Å². The van der Waals surface area contributed by atoms with Crippen molar-refractivity contribution in [2.75, 3.05) is 25.0 Å². The number of rotatable bonds is 4. The molecular weight excluding hydrogens is 443 g/mol. The molecule has 0 bridgehead atoms. The summed E-state index contributed by atoms with van der Waals surface area (Å²) < 4.78 is 0.656. The van der Waals surface area contributed by atoms with E-state index in [4.69, 9.17) is 43.9 Å². The first-order chi connectivity index (χ1) is 14.3. The van der Waals surface area contributed by atoms with E-state index in [2.05, 4.69) is 0 Å². The Hall–Kier alpha value is -1.90. The van der Waals surface area contributed by atoms with Crippen molar-refractivity contribution in [3.63, 3.8) is 0 Å². The highest BCUT2D eigenvalue weighted by Gasteiger charge is 2.56. The van der Waals surface area contributed by atoms with Gasteiger partial charge >= 0.3 is 0 Å². The highest BCUT2D eigenvalue weighted by atomic mass is 35.5. The van der Waals surface area contributed by atoms with Gasteiger partial charge in [0.1, 0.15) is 5.54 Å². The summed E-state index contributed by atoms with van der Waals surface area (Å²) in [5.41, 5.74) is 7.11. The third-order valence-electron chi connectivity index (χ3n) is 6.21. The van der Waals surface area contributed by atoms with Crippen LogP contribution in [0.25, 0.3) is 0 Å². The van der Waals surface area contributed by atoms with Gasteiger partial charge in [0.05, 0.1) is 33.2 Å². The Balaban J connectivity index is 1.61. The Morgan fingerprint density at radius 2 is 2.07 bits per heavy atom. The fourth-order valence-corrected chi connectivity index (χ4v) is 5.96. The van der Waals surface area contributed by atoms with Crippen LogP contribution in [0.5, 0.6) is 0 Å². The number of anilines is 1. The molecule has 3 aliphatic rings. The lowest BCUT2D eigenvalue weighted by molar-refractivity contribution is -0.132. The average molecular weight is 465 g/mol. The number of amides is 1. The monoisotopic (exact) mass is 464 g/mol. The molecule has 7 nitrogen and oxygen atoms in total. The second-order valence-corrected chi connectivity index (χ2v) is 10.2. The number of fused-ring (bicyclic) bond motifs is 1. The Morgan fingerprint density at radius 1 is 1.30 bits per heavy atom. The number of guanidine groups is 1. The Kier molecular flexibility index (Phi) is 4.72. The second kappa shape index (κ2) is 7.07. The van der Waals surface area contributed by atoms with Crippen LogP contribution in [-0.2, 0) is 16.8 Å². The topological polar surface area (TPSA) is 87.7 Å². The van der Waals surface area contributed by atoms with Crippen molar-refractivity contribution in [2.24, 2.45) is 16.6 Å². The number of halogens is 2. The van der Waals surface area contributed by atoms with Gasteiger partial charge < -0.3 is 10.6 Å². The zero-order valence-electron chi connectivity index (χ0n) is 16.7. The molecule has 1 saturated carbocycles. The summed E-state index contributed by atoms with van der Waals surface area (Å²) in [4.78, 5) is 32.0. The molecule has 2 atom stereocenters. The largest absolute Gasteiger partial charge is 0.369 e. The molecule has 10 heteroatoms. The number of nitrogens with zero attached hydrogens (tertiary/aromatic N) is 5. The molecule has 2 aromatic rings. The first kappa shape index (κ1) is 20.0. The van der Waals surface area contributed by atoms with E-state index in [1.807, 2.05) is 24.0 Å². The van der Waals surface area contributed by atoms with Crippen LogP contribution in [-0.4, -0.2) is 46.9 Å². The standard InChI is InChI=1S/C20H22Cl2N6OS/c1-3-12-15(22)16(10-4-5-10)25-19(24-12)28-8-11-17(29)27(2)18(23)26-20(11,9-28)13-6-7-14(21)30-13/h6-7,10-11H,3-5,8-9H2,1-2H3,(H2,23,26)/t11-,20-/m0/s1. The van der Waals surface area contributed by atoms with Gasteiger partial charge in [-0.15, -0.1) is 11.3 Å². The van der Waals surface area contributed by atoms with Crippen molar-refractivity contribution < 1.29 is 4.79 Å². The van der Waals surface area contributed by atoms with Crippen LogP contribution >= 0.6 is 34.5 Å². The predicted molar refractivity (Wildman–Crippen MR) is 119 cm³/mol. The summed E-state index contributed by atoms with van der Waals surface area (Å²) in [6.45, 7) is 2.96. The van der Waals surface area contributed by atoms with Gasteiger partial charge in [-0.25, -0.2) is 15.0 Å². The zero-order chi connectivity index (χ0) is 21.2. The van der Waals surface area contributed by atoms with E-state index in [1.54, 1.807) is 7.05 Å². The number of aryl methyl sites for hydroxylation is 1. The van der Waals surface area contributed by atoms with Crippen molar-refractivity contribution in [1.29, 1.82) is 0 Å². The number of thiophene rings is 1. The Morgan fingerprint density at radius 3 is 2.70 bits per heavy atom. The van der Waals surface area contributed by atoms with E-state index < -0.39 is 11.5 Å². The van der Waals surface area contributed by atoms with Crippen LogP contribution in [0.1, 0.15) is 41.9 Å². The Bertz CT molecular complexity index is 1070. The maximum absolute atomic E-state index is 13.2. The number of aromatic nitrogens is 2. The molecule has 0 aromatic carbocycles. The van der Waals surface area contributed by atoms with Gasteiger partial charge in [0.25, 0.3) is 0 Å². The number of carbonyl (C=O) groups excluding carboxylic acids is 1. The molecular formula is C20H22Cl2N6OS. The Labute approximate surface area is 188 Å². The molecule has 1 amide bonds. The average Bonchev–Trinajstić information content (AvgIpc) is 3.35. The van der Waals surface area contributed by atoms with Crippen LogP contribution in [0.4, 0.5) is 5.95 Å². The molecule has 4 heterocycles. The van der Waals surface area contributed by atoms with Gasteiger partial charge in [-0.2, -0.15) is 0 Å². The molecule has 5 rings (SSSR count). The first-order valence-corrected chi connectivity index (χ1v) is 11.6. The minimum Gasteiger partial charge on any atom is -0.369 e. The molecule has 1 aliphatic carbocycles. The molecule has 2 N–H and O–H groups in total. The summed E-state index contributed by atoms with van der Waals surface area (Å²) in [5, 5.41) is 0.679. The lowest BCUT2D eigenvalue weighted by Gasteiger charge is -2.36. The fraction of sp³-hybridized carbons (Fsp3) is 0.500. The zero-order valence-corrected chi connectivity index (χ0v) is 19.1. The van der Waals surface area contributed by atoms with Gasteiger partial charge in [-0.3, -0.25) is 9.69 Å². The SMILES string of the molecule is CCc1nc(N2C[C@H]3C(=O)N(C)C(N)=N[C@@]3(c3ccc(Cl)s3)C2)nc(C2CC2)c1Cl. The molecule has 158 valence electrons. The summed E-state index contributed by atoms with van der Waals surface area (Å²) in [6, 6.07) is 3.78. The van der Waals surface area contributed by atoms with Gasteiger partial charge in [0.2, 0.25) is 11.9 Å². The normalized spacial score (nSPS) is 26.2. The quantitative estimate of drug-likeness (QED) is 0.748. The van der Waals surface area contributed by atoms with E-state index in [0.717, 1.165) is 35.5 Å². The molecule has 0 radical (unpaired) electrons. The summed E-state index contributed by atoms with van der Waals surface area (Å²) in [6.07, 6.45) is 2.93. The second-order valence-electron chi connectivity index (χ2n) is 8.13. The fourth-order valence-electron chi connectivity index (χ4n) is 4.37. The molecule has 0 spiro atoms. The maximum Gasteiger partial charge on any atom is 0.236 e. The minimum atomic E-state index is -0.791. The van der Waals surface area contributed by atoms with Gasteiger partial charge in [-0.1, -0.05) is 30.1 Å². The number of aliphatic imine (C=N–C) groups is 1. The lowest BCUT2D eigenvalue weighted by Crippen LogP contribution is -2.54. The van der Waals surface area contributed by atoms with E-state index in [1.165, 1.54) is 16.2 Å².